The van der Waals surface area contributed by atoms with E-state index in [-0.39, 0.29) is 11.7 Å². The lowest BCUT2D eigenvalue weighted by Gasteiger charge is -2.37. The second-order valence-electron chi connectivity index (χ2n) is 7.10. The molecule has 25 heavy (non-hydrogen) atoms. The summed E-state index contributed by atoms with van der Waals surface area (Å²) in [7, 11) is 0. The zero-order valence-corrected chi connectivity index (χ0v) is 15.1. The van der Waals surface area contributed by atoms with Gasteiger partial charge in [-0.3, -0.25) is 4.79 Å². The minimum Gasteiger partial charge on any atom is -0.378 e. The molecule has 2 aliphatic heterocycles. The molecule has 0 spiro atoms. The van der Waals surface area contributed by atoms with Gasteiger partial charge in [0, 0.05) is 45.7 Å². The second kappa shape index (κ2) is 8.15. The van der Waals surface area contributed by atoms with Crippen molar-refractivity contribution < 1.29 is 13.9 Å². The van der Waals surface area contributed by atoms with Crippen LogP contribution < -0.4 is 10.2 Å². The number of likely N-dealkylation sites (tertiary alicyclic amines) is 1. The Morgan fingerprint density at radius 3 is 2.72 bits per heavy atom. The van der Waals surface area contributed by atoms with Crippen molar-refractivity contribution in [2.24, 2.45) is 5.92 Å². The Bertz CT molecular complexity index is 604. The van der Waals surface area contributed by atoms with Crippen LogP contribution in [0.2, 0.25) is 0 Å². The van der Waals surface area contributed by atoms with Crippen molar-refractivity contribution in [3.63, 3.8) is 0 Å². The summed E-state index contributed by atoms with van der Waals surface area (Å²) in [6.45, 7) is 8.79. The average molecular weight is 349 g/mol. The number of ether oxygens (including phenoxy) is 1. The molecule has 6 heteroatoms. The SMILES string of the molecule is CC(=O)N1CCC(NCc2ccc(N3CCOCC3)c(F)c2)C(C)C1. The largest absolute Gasteiger partial charge is 0.378 e. The van der Waals surface area contributed by atoms with E-state index in [9.17, 15) is 9.18 Å². The fraction of sp³-hybridized carbons (Fsp3) is 0.632. The molecule has 0 aromatic heterocycles. The van der Waals surface area contributed by atoms with Gasteiger partial charge in [-0.05, 0) is 30.0 Å². The van der Waals surface area contributed by atoms with Crippen molar-refractivity contribution >= 4 is 11.6 Å². The first kappa shape index (κ1) is 18.1. The lowest BCUT2D eigenvalue weighted by molar-refractivity contribution is -0.130. The molecule has 1 aromatic rings. The lowest BCUT2D eigenvalue weighted by atomic mass is 9.93. The van der Waals surface area contributed by atoms with Gasteiger partial charge in [0.1, 0.15) is 5.82 Å². The van der Waals surface area contributed by atoms with Crippen LogP contribution in [-0.4, -0.2) is 56.2 Å². The third-order valence-corrected chi connectivity index (χ3v) is 5.28. The van der Waals surface area contributed by atoms with Gasteiger partial charge >= 0.3 is 0 Å². The summed E-state index contributed by atoms with van der Waals surface area (Å²) in [6, 6.07) is 5.86. The fourth-order valence-electron chi connectivity index (χ4n) is 3.70. The van der Waals surface area contributed by atoms with E-state index in [2.05, 4.69) is 12.2 Å². The summed E-state index contributed by atoms with van der Waals surface area (Å²) in [5, 5.41) is 3.54. The van der Waals surface area contributed by atoms with Gasteiger partial charge in [-0.15, -0.1) is 0 Å². The van der Waals surface area contributed by atoms with Gasteiger partial charge in [-0.2, -0.15) is 0 Å². The van der Waals surface area contributed by atoms with Gasteiger partial charge in [0.05, 0.1) is 18.9 Å². The standard InChI is InChI=1S/C19H28FN3O2/c1-14-13-23(15(2)24)6-5-18(14)21-12-16-3-4-19(17(20)11-16)22-7-9-25-10-8-22/h3-4,11,14,18,21H,5-10,12-13H2,1-2H3. The Kier molecular flexibility index (Phi) is 5.91. The fourth-order valence-corrected chi connectivity index (χ4v) is 3.70. The van der Waals surface area contributed by atoms with E-state index in [1.807, 2.05) is 21.9 Å². The Morgan fingerprint density at radius 2 is 2.08 bits per heavy atom. The Balaban J connectivity index is 1.55. The normalized spacial score (nSPS) is 24.4. The molecule has 5 nitrogen and oxygen atoms in total. The van der Waals surface area contributed by atoms with E-state index in [0.29, 0.717) is 37.4 Å². The number of halogens is 1. The van der Waals surface area contributed by atoms with Gasteiger partial charge in [-0.25, -0.2) is 4.39 Å². The first-order valence-corrected chi connectivity index (χ1v) is 9.14. The Hall–Kier alpha value is -1.66. The van der Waals surface area contributed by atoms with E-state index in [1.54, 1.807) is 13.0 Å². The van der Waals surface area contributed by atoms with E-state index < -0.39 is 0 Å². The quantitative estimate of drug-likeness (QED) is 0.903. The van der Waals surface area contributed by atoms with Crippen LogP contribution in [0.5, 0.6) is 0 Å². The van der Waals surface area contributed by atoms with E-state index in [1.165, 1.54) is 0 Å². The number of nitrogens with one attached hydrogen (secondary N) is 1. The number of carbonyl (C=O) groups is 1. The zero-order chi connectivity index (χ0) is 17.8. The minimum atomic E-state index is -0.166. The maximum absolute atomic E-state index is 14.5. The van der Waals surface area contributed by atoms with Crippen molar-refractivity contribution in [3.05, 3.63) is 29.6 Å². The molecule has 0 bridgehead atoms. The number of hydrogen-bond donors (Lipinski definition) is 1. The molecular formula is C19H28FN3O2. The molecule has 2 saturated heterocycles. The van der Waals surface area contributed by atoms with Crippen LogP contribution in [-0.2, 0) is 16.1 Å². The Labute approximate surface area is 149 Å². The predicted octanol–water partition coefficient (Wildman–Crippen LogP) is 2.01. The molecule has 3 rings (SSSR count). The molecule has 2 fully saturated rings. The summed E-state index contributed by atoms with van der Waals surface area (Å²) < 4.78 is 19.8. The summed E-state index contributed by atoms with van der Waals surface area (Å²) in [6.07, 6.45) is 0.940. The van der Waals surface area contributed by atoms with Crippen LogP contribution in [0.4, 0.5) is 10.1 Å². The topological polar surface area (TPSA) is 44.8 Å². The smallest absolute Gasteiger partial charge is 0.219 e. The molecule has 2 atom stereocenters. The number of carbonyl (C=O) groups excluding carboxylic acids is 1. The summed E-state index contributed by atoms with van der Waals surface area (Å²) in [5.74, 6) is 0.377. The summed E-state index contributed by atoms with van der Waals surface area (Å²) in [4.78, 5) is 15.4. The predicted molar refractivity (Wildman–Crippen MR) is 96.1 cm³/mol. The van der Waals surface area contributed by atoms with Crippen molar-refractivity contribution in [1.82, 2.24) is 10.2 Å². The maximum Gasteiger partial charge on any atom is 0.219 e. The molecule has 1 aromatic carbocycles. The molecule has 2 heterocycles. The highest BCUT2D eigenvalue weighted by molar-refractivity contribution is 5.73. The molecule has 1 amide bonds. The molecule has 0 saturated carbocycles. The van der Waals surface area contributed by atoms with Gasteiger partial charge in [0.15, 0.2) is 0 Å². The van der Waals surface area contributed by atoms with Crippen LogP contribution >= 0.6 is 0 Å². The van der Waals surface area contributed by atoms with Gasteiger partial charge in [0.25, 0.3) is 0 Å². The molecular weight excluding hydrogens is 321 g/mol. The monoisotopic (exact) mass is 349 g/mol. The number of morpholine rings is 1. The van der Waals surface area contributed by atoms with Gasteiger partial charge in [0.2, 0.25) is 5.91 Å². The van der Waals surface area contributed by atoms with E-state index >= 15 is 0 Å². The summed E-state index contributed by atoms with van der Waals surface area (Å²) >= 11 is 0. The molecule has 1 N–H and O–H groups in total. The number of amides is 1. The van der Waals surface area contributed by atoms with E-state index in [4.69, 9.17) is 4.74 Å². The molecule has 2 aliphatic rings. The molecule has 138 valence electrons. The van der Waals surface area contributed by atoms with Gasteiger partial charge < -0.3 is 19.9 Å². The van der Waals surface area contributed by atoms with Crippen molar-refractivity contribution in [2.45, 2.75) is 32.9 Å². The number of nitrogens with zero attached hydrogens (tertiary/aromatic N) is 2. The number of benzene rings is 1. The number of piperidine rings is 1. The van der Waals surface area contributed by atoms with Crippen LogP contribution in [0, 0.1) is 11.7 Å². The Morgan fingerprint density at radius 1 is 1.32 bits per heavy atom. The van der Waals surface area contributed by atoms with Crippen molar-refractivity contribution in [1.29, 1.82) is 0 Å². The first-order chi connectivity index (χ1) is 12.0. The minimum absolute atomic E-state index is 0.145. The second-order valence-corrected chi connectivity index (χ2v) is 7.10. The maximum atomic E-state index is 14.5. The van der Waals surface area contributed by atoms with Crippen LogP contribution in [0.15, 0.2) is 18.2 Å². The van der Waals surface area contributed by atoms with Crippen LogP contribution in [0.3, 0.4) is 0 Å². The van der Waals surface area contributed by atoms with Gasteiger partial charge in [-0.1, -0.05) is 13.0 Å². The molecule has 2 unspecified atom stereocenters. The third-order valence-electron chi connectivity index (χ3n) is 5.28. The van der Waals surface area contributed by atoms with Crippen molar-refractivity contribution in [2.75, 3.05) is 44.3 Å². The highest BCUT2D eigenvalue weighted by atomic mass is 19.1. The first-order valence-electron chi connectivity index (χ1n) is 9.14. The van der Waals surface area contributed by atoms with Crippen molar-refractivity contribution in [3.8, 4) is 0 Å². The number of hydrogen-bond acceptors (Lipinski definition) is 4. The number of rotatable bonds is 4. The summed E-state index contributed by atoms with van der Waals surface area (Å²) in [5.41, 5.74) is 1.62. The molecule has 0 aliphatic carbocycles. The highest BCUT2D eigenvalue weighted by Gasteiger charge is 2.26. The van der Waals surface area contributed by atoms with Crippen LogP contribution in [0.1, 0.15) is 25.8 Å². The average Bonchev–Trinajstić information content (AvgIpc) is 2.61. The third kappa shape index (κ3) is 4.50. The van der Waals surface area contributed by atoms with E-state index in [0.717, 1.165) is 38.2 Å². The van der Waals surface area contributed by atoms with Crippen LogP contribution in [0.25, 0.3) is 0 Å². The zero-order valence-electron chi connectivity index (χ0n) is 15.1. The lowest BCUT2D eigenvalue weighted by Crippen LogP contribution is -2.49. The number of anilines is 1. The molecule has 0 radical (unpaired) electrons. The highest BCUT2D eigenvalue weighted by Crippen LogP contribution is 2.22.